The highest BCUT2D eigenvalue weighted by atomic mass is 16.5. The number of primary amides is 1. The third-order valence-corrected chi connectivity index (χ3v) is 7.93. The number of ether oxygens (including phenoxy) is 1. The van der Waals surface area contributed by atoms with Gasteiger partial charge in [0, 0.05) is 48.8 Å². The summed E-state index contributed by atoms with van der Waals surface area (Å²) < 4.78 is 5.47. The van der Waals surface area contributed by atoms with Gasteiger partial charge in [0.2, 0.25) is 17.7 Å². The number of allylic oxidation sites excluding steroid dienone is 3. The maximum Gasteiger partial charge on any atom is 0.255 e. The van der Waals surface area contributed by atoms with Gasteiger partial charge in [0.25, 0.3) is 5.91 Å². The van der Waals surface area contributed by atoms with Crippen molar-refractivity contribution in [2.75, 3.05) is 25.5 Å². The lowest BCUT2D eigenvalue weighted by Gasteiger charge is -2.45. The number of piperidine rings is 2. The molecule has 10 nitrogen and oxygen atoms in total. The zero-order chi connectivity index (χ0) is 25.4. The van der Waals surface area contributed by atoms with Crippen molar-refractivity contribution < 1.29 is 23.9 Å². The second-order valence-corrected chi connectivity index (χ2v) is 9.86. The largest absolute Gasteiger partial charge is 0.501 e. The molecule has 3 aliphatic heterocycles. The van der Waals surface area contributed by atoms with Gasteiger partial charge in [-0.1, -0.05) is 18.2 Å². The van der Waals surface area contributed by atoms with E-state index >= 15 is 0 Å². The fourth-order valence-electron chi connectivity index (χ4n) is 6.03. The van der Waals surface area contributed by atoms with Crippen LogP contribution >= 0.6 is 0 Å². The van der Waals surface area contributed by atoms with E-state index in [1.165, 1.54) is 0 Å². The van der Waals surface area contributed by atoms with Gasteiger partial charge in [0.05, 0.1) is 18.3 Å². The minimum absolute atomic E-state index is 0.106. The minimum atomic E-state index is -0.896. The van der Waals surface area contributed by atoms with Crippen LogP contribution < -0.4 is 21.7 Å². The highest BCUT2D eigenvalue weighted by Gasteiger charge is 2.48. The Bertz CT molecular complexity index is 1180. The zero-order valence-corrected chi connectivity index (χ0v) is 20.2. The molecule has 4 amide bonds. The number of carbonyl (C=O) groups is 4. The number of fused-ring (bicyclic) bond motifs is 1. The minimum Gasteiger partial charge on any atom is -0.501 e. The number of amides is 4. The van der Waals surface area contributed by atoms with E-state index in [9.17, 15) is 19.2 Å². The van der Waals surface area contributed by atoms with Gasteiger partial charge in [-0.25, -0.2) is 0 Å². The molecule has 4 atom stereocenters. The van der Waals surface area contributed by atoms with Crippen LogP contribution in [0.4, 0.5) is 5.69 Å². The Morgan fingerprint density at radius 3 is 2.83 bits per heavy atom. The predicted octanol–water partition coefficient (Wildman–Crippen LogP) is 0.800. The first-order chi connectivity index (χ1) is 17.3. The summed E-state index contributed by atoms with van der Waals surface area (Å²) in [6.07, 6.45) is 7.23. The van der Waals surface area contributed by atoms with Crippen molar-refractivity contribution in [3.63, 3.8) is 0 Å². The van der Waals surface area contributed by atoms with Crippen molar-refractivity contribution in [2.24, 2.45) is 17.1 Å². The fraction of sp³-hybridized carbons (Fsp3) is 0.462. The van der Waals surface area contributed by atoms with E-state index in [4.69, 9.17) is 10.5 Å². The summed E-state index contributed by atoms with van der Waals surface area (Å²) in [7, 11) is 1.59. The van der Waals surface area contributed by atoms with Crippen molar-refractivity contribution in [3.05, 3.63) is 53.3 Å². The van der Waals surface area contributed by atoms with Crippen molar-refractivity contribution in [2.45, 2.75) is 44.3 Å². The normalized spacial score (nSPS) is 29.9. The highest BCUT2D eigenvalue weighted by molar-refractivity contribution is 6.06. The van der Waals surface area contributed by atoms with Gasteiger partial charge in [-0.3, -0.25) is 24.5 Å². The van der Waals surface area contributed by atoms with Gasteiger partial charge in [-0.05, 0) is 43.5 Å². The Hall–Kier alpha value is -3.66. The van der Waals surface area contributed by atoms with Crippen molar-refractivity contribution in [1.82, 2.24) is 15.5 Å². The number of imide groups is 1. The average molecular weight is 494 g/mol. The molecule has 4 unspecified atom stereocenters. The molecule has 36 heavy (non-hydrogen) atoms. The van der Waals surface area contributed by atoms with E-state index < -0.39 is 23.3 Å². The van der Waals surface area contributed by atoms with Crippen LogP contribution in [0.2, 0.25) is 0 Å². The summed E-state index contributed by atoms with van der Waals surface area (Å²) in [5.41, 5.74) is 7.24. The molecule has 4 aliphatic rings. The number of hydrogen-bond acceptors (Lipinski definition) is 7. The Morgan fingerprint density at radius 1 is 1.25 bits per heavy atom. The molecule has 0 spiro atoms. The molecule has 0 radical (unpaired) electrons. The van der Waals surface area contributed by atoms with E-state index in [2.05, 4.69) is 16.0 Å². The molecule has 0 saturated carbocycles. The van der Waals surface area contributed by atoms with E-state index in [1.54, 1.807) is 18.1 Å². The summed E-state index contributed by atoms with van der Waals surface area (Å²) in [6, 6.07) is 4.67. The Morgan fingerprint density at radius 2 is 2.08 bits per heavy atom. The van der Waals surface area contributed by atoms with Crippen molar-refractivity contribution in [1.29, 1.82) is 0 Å². The number of rotatable bonds is 6. The van der Waals surface area contributed by atoms with Gasteiger partial charge in [0.1, 0.15) is 6.04 Å². The van der Waals surface area contributed by atoms with Crippen LogP contribution in [0.5, 0.6) is 0 Å². The van der Waals surface area contributed by atoms with Gasteiger partial charge < -0.3 is 26.0 Å². The van der Waals surface area contributed by atoms with Crippen LogP contribution in [-0.4, -0.2) is 60.8 Å². The second kappa shape index (κ2) is 9.42. The summed E-state index contributed by atoms with van der Waals surface area (Å²) in [5, 5.41) is 9.35. The monoisotopic (exact) mass is 493 g/mol. The van der Waals surface area contributed by atoms with Crippen LogP contribution in [0, 0.1) is 11.3 Å². The quantitative estimate of drug-likeness (QED) is 0.429. The van der Waals surface area contributed by atoms with Gasteiger partial charge in [-0.2, -0.15) is 0 Å². The number of hydrogen-bond donors (Lipinski definition) is 4. The first-order valence-corrected chi connectivity index (χ1v) is 12.3. The van der Waals surface area contributed by atoms with Gasteiger partial charge in [-0.15, -0.1) is 0 Å². The molecule has 1 aromatic carbocycles. The standard InChI is InChI=1S/C26H31N5O5/c1-36-15-4-3-10-26(12-15,25(27)35)18-9-11-28-13-20(18)29-19-6-2-5-16-17(19)14-31(24(16)34)21-7-8-22(32)30-23(21)33/h2-6,10,18,20-21,28-29H,7-9,11-14H2,1H3,(H2,27,35)(H,30,32,33). The van der Waals surface area contributed by atoms with E-state index in [0.717, 1.165) is 24.2 Å². The van der Waals surface area contributed by atoms with Crippen molar-refractivity contribution >= 4 is 29.3 Å². The number of benzene rings is 1. The molecule has 0 bridgehead atoms. The summed E-state index contributed by atoms with van der Waals surface area (Å²) in [4.78, 5) is 51.7. The summed E-state index contributed by atoms with van der Waals surface area (Å²) >= 11 is 0. The maximum absolute atomic E-state index is 13.2. The fourth-order valence-corrected chi connectivity index (χ4v) is 6.03. The average Bonchev–Trinajstić information content (AvgIpc) is 3.21. The molecule has 1 aromatic rings. The molecular formula is C26H31N5O5. The lowest BCUT2D eigenvalue weighted by molar-refractivity contribution is -0.137. The van der Waals surface area contributed by atoms with Crippen LogP contribution in [0.3, 0.4) is 0 Å². The number of nitrogens with zero attached hydrogens (tertiary/aromatic N) is 1. The van der Waals surface area contributed by atoms with E-state index in [-0.39, 0.29) is 36.7 Å². The van der Waals surface area contributed by atoms with Crippen LogP contribution in [0.1, 0.15) is 41.6 Å². The van der Waals surface area contributed by atoms with E-state index in [1.807, 2.05) is 30.4 Å². The lowest BCUT2D eigenvalue weighted by Crippen LogP contribution is -2.56. The number of carbonyl (C=O) groups excluding carboxylic acids is 4. The summed E-state index contributed by atoms with van der Waals surface area (Å²) in [6.45, 7) is 1.65. The number of nitrogens with two attached hydrogens (primary N) is 1. The second-order valence-electron chi connectivity index (χ2n) is 9.86. The zero-order valence-electron chi connectivity index (χ0n) is 20.2. The predicted molar refractivity (Wildman–Crippen MR) is 131 cm³/mol. The Balaban J connectivity index is 1.42. The number of nitrogens with one attached hydrogen (secondary N) is 3. The van der Waals surface area contributed by atoms with E-state index in [0.29, 0.717) is 30.7 Å². The maximum atomic E-state index is 13.2. The molecule has 0 aromatic heterocycles. The molecule has 5 rings (SSSR count). The smallest absolute Gasteiger partial charge is 0.255 e. The third-order valence-electron chi connectivity index (χ3n) is 7.93. The molecule has 1 aliphatic carbocycles. The van der Waals surface area contributed by atoms with Crippen LogP contribution in [0.25, 0.3) is 0 Å². The molecular weight excluding hydrogens is 462 g/mol. The first kappa shape index (κ1) is 24.1. The lowest BCUT2D eigenvalue weighted by atomic mass is 9.64. The Kier molecular flexibility index (Phi) is 6.29. The molecule has 3 heterocycles. The SMILES string of the molecule is COC1=CC=CC(C(N)=O)(C2CCNCC2Nc2cccc3c2CN(C2CCC(=O)NC2=O)C3=O)C1. The molecule has 2 saturated heterocycles. The molecule has 5 N–H and O–H groups in total. The highest BCUT2D eigenvalue weighted by Crippen LogP contribution is 2.44. The van der Waals surface area contributed by atoms with Crippen LogP contribution in [-0.2, 0) is 25.7 Å². The number of methoxy groups -OCH3 is 1. The van der Waals surface area contributed by atoms with Gasteiger partial charge in [0.15, 0.2) is 0 Å². The van der Waals surface area contributed by atoms with Crippen LogP contribution in [0.15, 0.2) is 42.2 Å². The van der Waals surface area contributed by atoms with Crippen molar-refractivity contribution in [3.8, 4) is 0 Å². The third kappa shape index (κ3) is 4.05. The van der Waals surface area contributed by atoms with Gasteiger partial charge >= 0.3 is 0 Å². The summed E-state index contributed by atoms with van der Waals surface area (Å²) in [5.74, 6) is -0.763. The molecule has 190 valence electrons. The molecule has 10 heteroatoms. The first-order valence-electron chi connectivity index (χ1n) is 12.3. The topological polar surface area (TPSA) is 143 Å². The number of anilines is 1. The Labute approximate surface area is 209 Å². The molecule has 2 fully saturated rings.